The Morgan fingerprint density at radius 2 is 2.24 bits per heavy atom. The molecule has 1 aliphatic rings. The molecule has 1 N–H and O–H groups in total. The minimum atomic E-state index is -0.136. The normalized spacial score (nSPS) is 25.4. The molecule has 1 aromatic rings. The van der Waals surface area contributed by atoms with E-state index in [9.17, 15) is 5.11 Å². The van der Waals surface area contributed by atoms with Gasteiger partial charge in [-0.2, -0.15) is 5.10 Å². The fourth-order valence-corrected chi connectivity index (χ4v) is 2.68. The minimum Gasteiger partial charge on any atom is -0.391 e. The molecule has 1 aromatic heterocycles. The summed E-state index contributed by atoms with van der Waals surface area (Å²) in [5.74, 6) is 0. The van der Waals surface area contributed by atoms with Gasteiger partial charge in [0.1, 0.15) is 0 Å². The molecule has 17 heavy (non-hydrogen) atoms. The van der Waals surface area contributed by atoms with Gasteiger partial charge in [-0.1, -0.05) is 12.8 Å². The van der Waals surface area contributed by atoms with Crippen LogP contribution in [0.4, 0.5) is 0 Å². The Kier molecular flexibility index (Phi) is 4.18. The first-order chi connectivity index (χ1) is 8.16. The largest absolute Gasteiger partial charge is 0.391 e. The van der Waals surface area contributed by atoms with Crippen LogP contribution in [0.5, 0.6) is 0 Å². The molecule has 0 radical (unpaired) electrons. The maximum absolute atomic E-state index is 9.98. The van der Waals surface area contributed by atoms with E-state index in [2.05, 4.69) is 23.2 Å². The number of aliphatic hydroxyl groups is 1. The van der Waals surface area contributed by atoms with Crippen molar-refractivity contribution in [1.82, 2.24) is 14.7 Å². The van der Waals surface area contributed by atoms with Crippen molar-refractivity contribution in [2.75, 3.05) is 13.6 Å². The summed E-state index contributed by atoms with van der Waals surface area (Å²) in [5.41, 5.74) is 1.27. The van der Waals surface area contributed by atoms with E-state index in [0.29, 0.717) is 6.04 Å². The predicted octanol–water partition coefficient (Wildman–Crippen LogP) is 1.20. The van der Waals surface area contributed by atoms with E-state index in [0.717, 1.165) is 25.8 Å². The highest BCUT2D eigenvalue weighted by molar-refractivity contribution is 5.04. The summed E-state index contributed by atoms with van der Waals surface area (Å²) in [5, 5.41) is 14.2. The maximum Gasteiger partial charge on any atom is 0.0695 e. The lowest BCUT2D eigenvalue weighted by Gasteiger charge is -2.35. The number of aryl methyl sites for hydroxylation is 1. The van der Waals surface area contributed by atoms with Gasteiger partial charge in [-0.25, -0.2) is 0 Å². The van der Waals surface area contributed by atoms with Crippen LogP contribution < -0.4 is 0 Å². The molecule has 0 aliphatic heterocycles. The summed E-state index contributed by atoms with van der Waals surface area (Å²) >= 11 is 0. The van der Waals surface area contributed by atoms with Crippen molar-refractivity contribution in [2.24, 2.45) is 7.05 Å². The maximum atomic E-state index is 9.98. The van der Waals surface area contributed by atoms with Crippen LogP contribution in [0.3, 0.4) is 0 Å². The second-order valence-electron chi connectivity index (χ2n) is 5.17. The van der Waals surface area contributed by atoms with Crippen molar-refractivity contribution in [1.29, 1.82) is 0 Å². The lowest BCUT2D eigenvalue weighted by Crippen LogP contribution is -2.44. The van der Waals surface area contributed by atoms with Crippen LogP contribution in [0, 0.1) is 0 Å². The van der Waals surface area contributed by atoms with E-state index in [-0.39, 0.29) is 6.10 Å². The van der Waals surface area contributed by atoms with Crippen molar-refractivity contribution in [3.8, 4) is 0 Å². The number of hydrogen-bond donors (Lipinski definition) is 1. The second-order valence-corrected chi connectivity index (χ2v) is 5.17. The molecule has 0 aromatic carbocycles. The van der Waals surface area contributed by atoms with Crippen LogP contribution in [-0.4, -0.2) is 45.5 Å². The zero-order chi connectivity index (χ0) is 12.3. The Balaban J connectivity index is 1.82. The monoisotopic (exact) mass is 237 g/mol. The van der Waals surface area contributed by atoms with E-state index in [1.54, 1.807) is 0 Å². The first-order valence-electron chi connectivity index (χ1n) is 6.52. The highest BCUT2D eigenvalue weighted by Crippen LogP contribution is 2.22. The number of hydrogen-bond acceptors (Lipinski definition) is 3. The number of aliphatic hydroxyl groups excluding tert-OH is 1. The molecule has 0 bridgehead atoms. The van der Waals surface area contributed by atoms with E-state index >= 15 is 0 Å². The Bertz CT molecular complexity index is 350. The van der Waals surface area contributed by atoms with Crippen LogP contribution in [0.2, 0.25) is 0 Å². The van der Waals surface area contributed by atoms with Crippen LogP contribution in [0.15, 0.2) is 12.4 Å². The van der Waals surface area contributed by atoms with Gasteiger partial charge in [-0.05, 0) is 31.9 Å². The number of nitrogens with zero attached hydrogens (tertiary/aromatic N) is 3. The van der Waals surface area contributed by atoms with Gasteiger partial charge in [0.15, 0.2) is 0 Å². The number of aromatic nitrogens is 2. The molecule has 0 saturated heterocycles. The third-order valence-electron chi connectivity index (χ3n) is 3.77. The van der Waals surface area contributed by atoms with Crippen molar-refractivity contribution >= 4 is 0 Å². The minimum absolute atomic E-state index is 0.136. The van der Waals surface area contributed by atoms with Gasteiger partial charge in [0, 0.05) is 25.8 Å². The zero-order valence-electron chi connectivity index (χ0n) is 10.8. The van der Waals surface area contributed by atoms with E-state index < -0.39 is 0 Å². The molecule has 2 atom stereocenters. The van der Waals surface area contributed by atoms with Crippen molar-refractivity contribution < 1.29 is 5.11 Å². The molecule has 2 rings (SSSR count). The number of rotatable bonds is 4. The van der Waals surface area contributed by atoms with Gasteiger partial charge in [0.05, 0.1) is 12.3 Å². The molecular weight excluding hydrogens is 214 g/mol. The summed E-state index contributed by atoms with van der Waals surface area (Å²) in [6.45, 7) is 0.993. The molecular formula is C13H23N3O. The molecule has 2 unspecified atom stereocenters. The molecule has 1 fully saturated rings. The highest BCUT2D eigenvalue weighted by atomic mass is 16.3. The van der Waals surface area contributed by atoms with E-state index in [1.165, 1.54) is 18.4 Å². The third kappa shape index (κ3) is 3.30. The Morgan fingerprint density at radius 3 is 2.88 bits per heavy atom. The second kappa shape index (κ2) is 5.65. The molecule has 96 valence electrons. The standard InChI is InChI=1S/C13H23N3O/c1-15(12-5-3-4-6-13(12)17)8-7-11-9-14-16(2)10-11/h9-10,12-13,17H,3-8H2,1-2H3. The van der Waals surface area contributed by atoms with Gasteiger partial charge >= 0.3 is 0 Å². The molecule has 4 heteroatoms. The summed E-state index contributed by atoms with van der Waals surface area (Å²) in [7, 11) is 4.06. The molecule has 1 aliphatic carbocycles. The number of likely N-dealkylation sites (N-methyl/N-ethyl adjacent to an activating group) is 1. The quantitative estimate of drug-likeness (QED) is 0.855. The fourth-order valence-electron chi connectivity index (χ4n) is 2.68. The fraction of sp³-hybridized carbons (Fsp3) is 0.769. The average Bonchev–Trinajstić information content (AvgIpc) is 2.73. The molecule has 0 amide bonds. The topological polar surface area (TPSA) is 41.3 Å². The van der Waals surface area contributed by atoms with Crippen LogP contribution in [0.25, 0.3) is 0 Å². The summed E-state index contributed by atoms with van der Waals surface area (Å²) in [6, 6.07) is 0.348. The molecule has 1 saturated carbocycles. The summed E-state index contributed by atoms with van der Waals surface area (Å²) < 4.78 is 1.84. The van der Waals surface area contributed by atoms with Crippen molar-refractivity contribution in [2.45, 2.75) is 44.2 Å². The third-order valence-corrected chi connectivity index (χ3v) is 3.77. The Hall–Kier alpha value is -0.870. The average molecular weight is 237 g/mol. The van der Waals surface area contributed by atoms with E-state index in [1.807, 2.05) is 17.9 Å². The van der Waals surface area contributed by atoms with Gasteiger partial charge in [0.2, 0.25) is 0 Å². The van der Waals surface area contributed by atoms with Crippen molar-refractivity contribution in [3.05, 3.63) is 18.0 Å². The first kappa shape index (κ1) is 12.6. The Morgan fingerprint density at radius 1 is 1.47 bits per heavy atom. The molecule has 1 heterocycles. The van der Waals surface area contributed by atoms with E-state index in [4.69, 9.17) is 0 Å². The van der Waals surface area contributed by atoms with Crippen LogP contribution in [-0.2, 0) is 13.5 Å². The lowest BCUT2D eigenvalue weighted by molar-refractivity contribution is 0.0327. The van der Waals surface area contributed by atoms with Gasteiger partial charge in [0.25, 0.3) is 0 Å². The summed E-state index contributed by atoms with van der Waals surface area (Å²) in [6.07, 6.45) is 9.37. The molecule has 4 nitrogen and oxygen atoms in total. The van der Waals surface area contributed by atoms with Crippen LogP contribution >= 0.6 is 0 Å². The first-order valence-corrected chi connectivity index (χ1v) is 6.52. The van der Waals surface area contributed by atoms with Gasteiger partial charge < -0.3 is 10.0 Å². The predicted molar refractivity (Wildman–Crippen MR) is 67.8 cm³/mol. The van der Waals surface area contributed by atoms with Crippen molar-refractivity contribution in [3.63, 3.8) is 0 Å². The van der Waals surface area contributed by atoms with Crippen LogP contribution in [0.1, 0.15) is 31.2 Å². The van der Waals surface area contributed by atoms with Gasteiger partial charge in [-0.3, -0.25) is 4.68 Å². The zero-order valence-corrected chi connectivity index (χ0v) is 10.8. The Labute approximate surface area is 103 Å². The van der Waals surface area contributed by atoms with Gasteiger partial charge in [-0.15, -0.1) is 0 Å². The molecule has 0 spiro atoms. The SMILES string of the molecule is CN(CCc1cnn(C)c1)C1CCCCC1O. The smallest absolute Gasteiger partial charge is 0.0695 e. The lowest BCUT2D eigenvalue weighted by atomic mass is 9.91. The summed E-state index contributed by atoms with van der Waals surface area (Å²) in [4.78, 5) is 2.30. The highest BCUT2D eigenvalue weighted by Gasteiger charge is 2.26.